The van der Waals surface area contributed by atoms with Gasteiger partial charge in [-0.25, -0.2) is 0 Å². The predicted octanol–water partition coefficient (Wildman–Crippen LogP) is 15.8. The number of benzene rings is 10. The molecule has 1 heteroatoms. The maximum absolute atomic E-state index is 2.41. The van der Waals surface area contributed by atoms with Crippen LogP contribution in [0.2, 0.25) is 0 Å². The van der Waals surface area contributed by atoms with Crippen LogP contribution in [0.25, 0.3) is 77.2 Å². The van der Waals surface area contributed by atoms with Gasteiger partial charge in [-0.3, -0.25) is 0 Å². The first-order chi connectivity index (χ1) is 28.3. The maximum Gasteiger partial charge on any atom is 0.0540 e. The van der Waals surface area contributed by atoms with Crippen molar-refractivity contribution in [3.8, 4) is 55.6 Å². The van der Waals surface area contributed by atoms with Crippen molar-refractivity contribution in [2.75, 3.05) is 4.90 Å². The van der Waals surface area contributed by atoms with E-state index in [9.17, 15) is 0 Å². The predicted molar refractivity (Wildman–Crippen MR) is 243 cm³/mol. The molecular formula is C56H39N. The molecule has 10 aromatic rings. The van der Waals surface area contributed by atoms with Gasteiger partial charge in [-0.2, -0.15) is 0 Å². The number of rotatable bonds is 8. The van der Waals surface area contributed by atoms with Gasteiger partial charge in [-0.05, 0) is 114 Å². The highest BCUT2D eigenvalue weighted by Crippen LogP contribution is 2.44. The van der Waals surface area contributed by atoms with Crippen LogP contribution in [0.3, 0.4) is 0 Å². The summed E-state index contributed by atoms with van der Waals surface area (Å²) in [5.74, 6) is 0. The van der Waals surface area contributed by atoms with Crippen molar-refractivity contribution in [2.24, 2.45) is 0 Å². The Kier molecular flexibility index (Phi) is 8.95. The molecule has 10 rings (SSSR count). The molecule has 0 saturated carbocycles. The quantitative estimate of drug-likeness (QED) is 0.151. The standard InChI is InChI=1S/C56H39N/c1-4-16-42(17-5-1)51-36-34-50(39-55(51)45-20-8-3-9-21-45)57(56-26-14-24-43-22-12-13-25-53(43)56)49-32-29-41(30-33-49)47-31-35-52(54(38-47)44-18-6-2-7-19-44)48-28-27-40-15-10-11-23-46(40)37-48/h1-39H. The fourth-order valence-electron chi connectivity index (χ4n) is 8.22. The number of fused-ring (bicyclic) bond motifs is 2. The average molecular weight is 726 g/mol. The molecule has 0 aliphatic rings. The molecule has 268 valence electrons. The van der Waals surface area contributed by atoms with Gasteiger partial charge in [-0.15, -0.1) is 0 Å². The van der Waals surface area contributed by atoms with Crippen LogP contribution in [-0.4, -0.2) is 0 Å². The molecule has 0 saturated heterocycles. The van der Waals surface area contributed by atoms with Crippen molar-refractivity contribution >= 4 is 38.6 Å². The molecule has 1 nitrogen and oxygen atoms in total. The van der Waals surface area contributed by atoms with E-state index in [-0.39, 0.29) is 0 Å². The lowest BCUT2D eigenvalue weighted by molar-refractivity contribution is 1.30. The summed E-state index contributed by atoms with van der Waals surface area (Å²) in [4.78, 5) is 2.41. The molecule has 0 atom stereocenters. The Morgan fingerprint density at radius 1 is 0.228 bits per heavy atom. The number of nitrogens with zero attached hydrogens (tertiary/aromatic N) is 1. The lowest BCUT2D eigenvalue weighted by Crippen LogP contribution is -2.10. The SMILES string of the molecule is c1ccc(-c2ccc(N(c3ccc(-c4ccc(-c5ccc6ccccc6c5)c(-c5ccccc5)c4)cc3)c3cccc4ccccc34)cc2-c2ccccc2)cc1. The minimum atomic E-state index is 1.10. The first kappa shape index (κ1) is 34.0. The summed E-state index contributed by atoms with van der Waals surface area (Å²) < 4.78 is 0. The fraction of sp³-hybridized carbons (Fsp3) is 0. The van der Waals surface area contributed by atoms with E-state index >= 15 is 0 Å². The van der Waals surface area contributed by atoms with Gasteiger partial charge in [-0.1, -0.05) is 194 Å². The van der Waals surface area contributed by atoms with Crippen molar-refractivity contribution < 1.29 is 0 Å². The number of hydrogen-bond acceptors (Lipinski definition) is 1. The molecular weight excluding hydrogens is 687 g/mol. The lowest BCUT2D eigenvalue weighted by atomic mass is 9.90. The summed E-state index contributed by atoms with van der Waals surface area (Å²) in [7, 11) is 0. The second kappa shape index (κ2) is 15.0. The first-order valence-corrected chi connectivity index (χ1v) is 19.6. The summed E-state index contributed by atoms with van der Waals surface area (Å²) >= 11 is 0. The summed E-state index contributed by atoms with van der Waals surface area (Å²) in [5, 5.41) is 4.91. The largest absolute Gasteiger partial charge is 0.310 e. The van der Waals surface area contributed by atoms with E-state index < -0.39 is 0 Å². The highest BCUT2D eigenvalue weighted by atomic mass is 15.1. The van der Waals surface area contributed by atoms with Gasteiger partial charge in [0.2, 0.25) is 0 Å². The van der Waals surface area contributed by atoms with Gasteiger partial charge in [0.1, 0.15) is 0 Å². The normalized spacial score (nSPS) is 11.2. The van der Waals surface area contributed by atoms with Crippen LogP contribution in [0.15, 0.2) is 237 Å². The van der Waals surface area contributed by atoms with E-state index in [0.29, 0.717) is 0 Å². The van der Waals surface area contributed by atoms with Gasteiger partial charge in [0.25, 0.3) is 0 Å². The number of anilines is 3. The molecule has 10 aromatic carbocycles. The number of hydrogen-bond donors (Lipinski definition) is 0. The van der Waals surface area contributed by atoms with Crippen LogP contribution >= 0.6 is 0 Å². The van der Waals surface area contributed by atoms with E-state index in [4.69, 9.17) is 0 Å². The van der Waals surface area contributed by atoms with Crippen LogP contribution in [0.5, 0.6) is 0 Å². The third-order valence-electron chi connectivity index (χ3n) is 11.1. The van der Waals surface area contributed by atoms with Crippen molar-refractivity contribution in [2.45, 2.75) is 0 Å². The zero-order chi connectivity index (χ0) is 38.0. The van der Waals surface area contributed by atoms with Gasteiger partial charge in [0.15, 0.2) is 0 Å². The monoisotopic (exact) mass is 725 g/mol. The van der Waals surface area contributed by atoms with E-state index in [1.54, 1.807) is 0 Å². The Morgan fingerprint density at radius 2 is 0.719 bits per heavy atom. The van der Waals surface area contributed by atoms with Crippen LogP contribution in [0.1, 0.15) is 0 Å². The molecule has 0 spiro atoms. The van der Waals surface area contributed by atoms with Crippen LogP contribution in [0.4, 0.5) is 17.1 Å². The molecule has 0 amide bonds. The fourth-order valence-corrected chi connectivity index (χ4v) is 8.22. The summed E-state index contributed by atoms with van der Waals surface area (Å²) in [6, 6.07) is 85.7. The molecule has 0 N–H and O–H groups in total. The molecule has 0 bridgehead atoms. The molecule has 0 heterocycles. The van der Waals surface area contributed by atoms with Crippen LogP contribution in [-0.2, 0) is 0 Å². The second-order valence-corrected chi connectivity index (χ2v) is 14.5. The van der Waals surface area contributed by atoms with E-state index in [1.165, 1.54) is 77.2 Å². The summed E-state index contributed by atoms with van der Waals surface area (Å²) in [5.41, 5.74) is 15.3. The summed E-state index contributed by atoms with van der Waals surface area (Å²) in [6.45, 7) is 0. The molecule has 0 radical (unpaired) electrons. The summed E-state index contributed by atoms with van der Waals surface area (Å²) in [6.07, 6.45) is 0. The molecule has 0 fully saturated rings. The van der Waals surface area contributed by atoms with Crippen LogP contribution < -0.4 is 4.90 Å². The van der Waals surface area contributed by atoms with E-state index in [0.717, 1.165) is 17.1 Å². The average Bonchev–Trinajstić information content (AvgIpc) is 3.30. The van der Waals surface area contributed by atoms with E-state index in [1.807, 2.05) is 0 Å². The van der Waals surface area contributed by atoms with Gasteiger partial charge in [0.05, 0.1) is 5.69 Å². The van der Waals surface area contributed by atoms with E-state index in [2.05, 4.69) is 241 Å². The Labute approximate surface area is 334 Å². The van der Waals surface area contributed by atoms with Crippen molar-refractivity contribution in [1.82, 2.24) is 0 Å². The minimum absolute atomic E-state index is 1.10. The molecule has 0 aromatic heterocycles. The van der Waals surface area contributed by atoms with Gasteiger partial charge in [0, 0.05) is 16.8 Å². The smallest absolute Gasteiger partial charge is 0.0540 e. The minimum Gasteiger partial charge on any atom is -0.310 e. The second-order valence-electron chi connectivity index (χ2n) is 14.5. The lowest BCUT2D eigenvalue weighted by Gasteiger charge is -2.28. The highest BCUT2D eigenvalue weighted by molar-refractivity contribution is 6.00. The maximum atomic E-state index is 2.41. The first-order valence-electron chi connectivity index (χ1n) is 19.6. The highest BCUT2D eigenvalue weighted by Gasteiger charge is 2.19. The van der Waals surface area contributed by atoms with Crippen molar-refractivity contribution in [1.29, 1.82) is 0 Å². The van der Waals surface area contributed by atoms with Crippen molar-refractivity contribution in [3.05, 3.63) is 237 Å². The zero-order valence-electron chi connectivity index (χ0n) is 31.5. The Morgan fingerprint density at radius 3 is 1.42 bits per heavy atom. The van der Waals surface area contributed by atoms with Gasteiger partial charge >= 0.3 is 0 Å². The Hall–Kier alpha value is -7.48. The Balaban J connectivity index is 1.10. The molecule has 0 aliphatic heterocycles. The third-order valence-corrected chi connectivity index (χ3v) is 11.1. The molecule has 0 aliphatic carbocycles. The Bertz CT molecular complexity index is 2980. The molecule has 0 unspecified atom stereocenters. The van der Waals surface area contributed by atoms with Crippen molar-refractivity contribution in [3.63, 3.8) is 0 Å². The topological polar surface area (TPSA) is 3.24 Å². The molecule has 57 heavy (non-hydrogen) atoms. The zero-order valence-corrected chi connectivity index (χ0v) is 31.5. The van der Waals surface area contributed by atoms with Crippen LogP contribution in [0, 0.1) is 0 Å². The third kappa shape index (κ3) is 6.66. The van der Waals surface area contributed by atoms with Gasteiger partial charge < -0.3 is 4.90 Å².